The van der Waals surface area contributed by atoms with E-state index in [1.165, 1.54) is 12.4 Å². The van der Waals surface area contributed by atoms with Crippen molar-refractivity contribution in [2.24, 2.45) is 5.16 Å². The van der Waals surface area contributed by atoms with E-state index in [0.29, 0.717) is 17.8 Å². The van der Waals surface area contributed by atoms with E-state index in [1.807, 2.05) is 0 Å². The fourth-order valence-electron chi connectivity index (χ4n) is 1.79. The Hall–Kier alpha value is -1.95. The van der Waals surface area contributed by atoms with Crippen molar-refractivity contribution < 1.29 is 14.7 Å². The zero-order valence-electron chi connectivity index (χ0n) is 9.87. The lowest BCUT2D eigenvalue weighted by atomic mass is 10.2. The highest BCUT2D eigenvalue weighted by Gasteiger charge is 2.16. The van der Waals surface area contributed by atoms with Crippen LogP contribution in [-0.4, -0.2) is 41.6 Å². The maximum atomic E-state index is 11.8. The van der Waals surface area contributed by atoms with Gasteiger partial charge in [0.25, 0.3) is 5.91 Å². The molecule has 1 unspecified atom stereocenters. The predicted octanol–water partition coefficient (Wildman–Crippen LogP) is 0.798. The average Bonchev–Trinajstić information content (AvgIpc) is 2.90. The Morgan fingerprint density at radius 3 is 3.17 bits per heavy atom. The van der Waals surface area contributed by atoms with Gasteiger partial charge in [0.2, 0.25) is 0 Å². The number of amides is 1. The van der Waals surface area contributed by atoms with E-state index in [2.05, 4.69) is 15.5 Å². The lowest BCUT2D eigenvalue weighted by Crippen LogP contribution is -2.31. The first kappa shape index (κ1) is 12.5. The molecule has 2 heterocycles. The molecule has 1 atom stereocenters. The Morgan fingerprint density at radius 1 is 1.67 bits per heavy atom. The van der Waals surface area contributed by atoms with Crippen molar-refractivity contribution in [1.29, 1.82) is 0 Å². The summed E-state index contributed by atoms with van der Waals surface area (Å²) < 4.78 is 5.41. The van der Waals surface area contributed by atoms with Gasteiger partial charge in [0.1, 0.15) is 0 Å². The van der Waals surface area contributed by atoms with E-state index >= 15 is 0 Å². The maximum Gasteiger partial charge on any atom is 0.252 e. The summed E-state index contributed by atoms with van der Waals surface area (Å²) >= 11 is 0. The molecule has 1 aromatic rings. The second-order valence-electron chi connectivity index (χ2n) is 4.06. The summed E-state index contributed by atoms with van der Waals surface area (Å²) in [5.41, 5.74) is 0.969. The minimum absolute atomic E-state index is 0.128. The maximum absolute atomic E-state index is 11.8. The van der Waals surface area contributed by atoms with Gasteiger partial charge in [-0.05, 0) is 25.0 Å². The molecular formula is C12H15N3O3. The summed E-state index contributed by atoms with van der Waals surface area (Å²) in [5, 5.41) is 14.0. The topological polar surface area (TPSA) is 83.8 Å². The molecule has 1 fully saturated rings. The van der Waals surface area contributed by atoms with Crippen LogP contribution in [0.3, 0.4) is 0 Å². The fraction of sp³-hybridized carbons (Fsp3) is 0.417. The number of rotatable bonds is 4. The van der Waals surface area contributed by atoms with E-state index in [9.17, 15) is 4.79 Å². The largest absolute Gasteiger partial charge is 0.411 e. The van der Waals surface area contributed by atoms with E-state index in [-0.39, 0.29) is 12.0 Å². The average molecular weight is 249 g/mol. The highest BCUT2D eigenvalue weighted by Crippen LogP contribution is 2.10. The van der Waals surface area contributed by atoms with Gasteiger partial charge in [-0.1, -0.05) is 5.16 Å². The Morgan fingerprint density at radius 2 is 2.56 bits per heavy atom. The van der Waals surface area contributed by atoms with Crippen LogP contribution >= 0.6 is 0 Å². The molecule has 0 spiro atoms. The normalized spacial score (nSPS) is 19.2. The number of carbonyl (C=O) groups is 1. The van der Waals surface area contributed by atoms with Gasteiger partial charge in [-0.15, -0.1) is 0 Å². The number of hydrogen-bond donors (Lipinski definition) is 2. The first-order valence-corrected chi connectivity index (χ1v) is 5.83. The molecule has 0 bridgehead atoms. The van der Waals surface area contributed by atoms with Gasteiger partial charge in [-0.3, -0.25) is 9.78 Å². The molecule has 0 aromatic carbocycles. The van der Waals surface area contributed by atoms with Crippen molar-refractivity contribution in [3.8, 4) is 0 Å². The fourth-order valence-corrected chi connectivity index (χ4v) is 1.79. The van der Waals surface area contributed by atoms with Crippen molar-refractivity contribution in [2.75, 3.05) is 13.2 Å². The standard InChI is InChI=1S/C12H15N3O3/c16-12(14-8-11-2-1-5-18-11)9-3-4-10(7-15-17)13-6-9/h3-4,6-7,11,17H,1-2,5,8H2,(H,14,16)/b15-7-. The SMILES string of the molecule is O=C(NCC1CCCO1)c1ccc(/C=N\O)nc1. The van der Waals surface area contributed by atoms with Gasteiger partial charge in [0.15, 0.2) is 0 Å². The van der Waals surface area contributed by atoms with Gasteiger partial charge in [0, 0.05) is 19.3 Å². The van der Waals surface area contributed by atoms with Crippen LogP contribution in [0, 0.1) is 0 Å². The van der Waals surface area contributed by atoms with E-state index < -0.39 is 0 Å². The zero-order valence-corrected chi connectivity index (χ0v) is 9.87. The molecule has 6 nitrogen and oxygen atoms in total. The van der Waals surface area contributed by atoms with Crippen LogP contribution in [0.2, 0.25) is 0 Å². The van der Waals surface area contributed by atoms with Crippen molar-refractivity contribution >= 4 is 12.1 Å². The first-order chi connectivity index (χ1) is 8.79. The highest BCUT2D eigenvalue weighted by atomic mass is 16.5. The lowest BCUT2D eigenvalue weighted by Gasteiger charge is -2.10. The molecule has 2 rings (SSSR count). The number of oxime groups is 1. The molecule has 2 N–H and O–H groups in total. The summed E-state index contributed by atoms with van der Waals surface area (Å²) in [7, 11) is 0. The Bertz CT molecular complexity index is 425. The van der Waals surface area contributed by atoms with Gasteiger partial charge in [-0.2, -0.15) is 0 Å². The number of hydrogen-bond acceptors (Lipinski definition) is 5. The van der Waals surface area contributed by atoms with Gasteiger partial charge < -0.3 is 15.3 Å². The monoisotopic (exact) mass is 249 g/mol. The predicted molar refractivity (Wildman–Crippen MR) is 64.9 cm³/mol. The Labute approximate surface area is 105 Å². The molecule has 1 aliphatic rings. The molecule has 1 amide bonds. The first-order valence-electron chi connectivity index (χ1n) is 5.83. The Balaban J connectivity index is 1.87. The van der Waals surface area contributed by atoms with E-state index in [0.717, 1.165) is 19.4 Å². The second-order valence-corrected chi connectivity index (χ2v) is 4.06. The molecule has 0 aliphatic carbocycles. The summed E-state index contributed by atoms with van der Waals surface area (Å²) in [6.07, 6.45) is 4.82. The van der Waals surface area contributed by atoms with Gasteiger partial charge in [0.05, 0.1) is 23.6 Å². The zero-order chi connectivity index (χ0) is 12.8. The van der Waals surface area contributed by atoms with E-state index in [1.54, 1.807) is 12.1 Å². The highest BCUT2D eigenvalue weighted by molar-refractivity contribution is 5.94. The van der Waals surface area contributed by atoms with Gasteiger partial charge >= 0.3 is 0 Å². The van der Waals surface area contributed by atoms with Crippen molar-refractivity contribution in [1.82, 2.24) is 10.3 Å². The number of aromatic nitrogens is 1. The van der Waals surface area contributed by atoms with Crippen LogP contribution in [0.25, 0.3) is 0 Å². The quantitative estimate of drug-likeness (QED) is 0.469. The second kappa shape index (κ2) is 6.11. The van der Waals surface area contributed by atoms with Crippen LogP contribution in [0.4, 0.5) is 0 Å². The minimum atomic E-state index is -0.175. The molecule has 0 radical (unpaired) electrons. The number of nitrogens with one attached hydrogen (secondary N) is 1. The summed E-state index contributed by atoms with van der Waals surface area (Å²) in [4.78, 5) is 15.7. The van der Waals surface area contributed by atoms with Crippen molar-refractivity contribution in [2.45, 2.75) is 18.9 Å². The summed E-state index contributed by atoms with van der Waals surface area (Å²) in [5.74, 6) is -0.175. The van der Waals surface area contributed by atoms with Crippen LogP contribution in [-0.2, 0) is 4.74 Å². The molecule has 18 heavy (non-hydrogen) atoms. The van der Waals surface area contributed by atoms with Gasteiger partial charge in [-0.25, -0.2) is 0 Å². The summed E-state index contributed by atoms with van der Waals surface area (Å²) in [6, 6.07) is 3.25. The van der Waals surface area contributed by atoms with Crippen molar-refractivity contribution in [3.05, 3.63) is 29.6 Å². The van der Waals surface area contributed by atoms with Crippen LogP contribution in [0.15, 0.2) is 23.5 Å². The van der Waals surface area contributed by atoms with Crippen LogP contribution in [0.5, 0.6) is 0 Å². The molecular weight excluding hydrogens is 234 g/mol. The number of carbonyl (C=O) groups excluding carboxylic acids is 1. The van der Waals surface area contributed by atoms with E-state index in [4.69, 9.17) is 9.94 Å². The third kappa shape index (κ3) is 3.27. The molecule has 1 saturated heterocycles. The third-order valence-electron chi connectivity index (χ3n) is 2.75. The third-order valence-corrected chi connectivity index (χ3v) is 2.75. The number of pyridine rings is 1. The molecule has 96 valence electrons. The molecule has 1 aliphatic heterocycles. The lowest BCUT2D eigenvalue weighted by molar-refractivity contribution is 0.0857. The number of ether oxygens (including phenoxy) is 1. The molecule has 1 aromatic heterocycles. The number of nitrogens with zero attached hydrogens (tertiary/aromatic N) is 2. The van der Waals surface area contributed by atoms with Crippen molar-refractivity contribution in [3.63, 3.8) is 0 Å². The molecule has 6 heteroatoms. The van der Waals surface area contributed by atoms with Crippen LogP contribution in [0.1, 0.15) is 28.9 Å². The minimum Gasteiger partial charge on any atom is -0.411 e. The smallest absolute Gasteiger partial charge is 0.252 e. The summed E-state index contributed by atoms with van der Waals surface area (Å²) in [6.45, 7) is 1.30. The Kier molecular flexibility index (Phi) is 4.25. The molecule has 0 saturated carbocycles. The van der Waals surface area contributed by atoms with Crippen LogP contribution < -0.4 is 5.32 Å².